The minimum absolute atomic E-state index is 0.266. The van der Waals surface area contributed by atoms with Gasteiger partial charge in [-0.05, 0) is 37.5 Å². The first kappa shape index (κ1) is 16.3. The summed E-state index contributed by atoms with van der Waals surface area (Å²) in [5, 5.41) is 3.49. The molecule has 1 aliphatic carbocycles. The molecule has 1 saturated carbocycles. The normalized spacial score (nSPS) is 26.2. The Bertz CT molecular complexity index is 285. The maximum absolute atomic E-state index is 6.50. The zero-order valence-electron chi connectivity index (χ0n) is 13.7. The van der Waals surface area contributed by atoms with Gasteiger partial charge in [0.2, 0.25) is 0 Å². The van der Waals surface area contributed by atoms with Crippen LogP contribution in [0.3, 0.4) is 0 Å². The molecule has 0 aromatic rings. The van der Waals surface area contributed by atoms with E-state index >= 15 is 0 Å². The Hall–Kier alpha value is -0.120. The first-order valence-corrected chi connectivity index (χ1v) is 8.43. The fourth-order valence-corrected chi connectivity index (χ4v) is 3.89. The van der Waals surface area contributed by atoms with Gasteiger partial charge in [-0.1, -0.05) is 33.1 Å². The Morgan fingerprint density at radius 1 is 1.20 bits per heavy atom. The predicted molar refractivity (Wildman–Crippen MR) is 83.1 cm³/mol. The van der Waals surface area contributed by atoms with E-state index in [0.717, 1.165) is 19.7 Å². The highest BCUT2D eigenvalue weighted by molar-refractivity contribution is 4.92. The summed E-state index contributed by atoms with van der Waals surface area (Å²) in [6.45, 7) is 7.47. The minimum Gasteiger partial charge on any atom is -0.383 e. The molecule has 1 heterocycles. The third kappa shape index (κ3) is 4.71. The molecule has 1 saturated heterocycles. The lowest BCUT2D eigenvalue weighted by Gasteiger charge is -2.35. The van der Waals surface area contributed by atoms with Crippen molar-refractivity contribution in [3.8, 4) is 0 Å². The average Bonchev–Trinajstić information content (AvgIpc) is 2.77. The highest BCUT2D eigenvalue weighted by atomic mass is 16.5. The molecule has 1 N–H and O–H groups in total. The number of hydrogen-bond donors (Lipinski definition) is 1. The summed E-state index contributed by atoms with van der Waals surface area (Å²) in [5.41, 5.74) is 0.571. The van der Waals surface area contributed by atoms with Gasteiger partial charge in [0.05, 0.1) is 18.3 Å². The van der Waals surface area contributed by atoms with Gasteiger partial charge in [-0.25, -0.2) is 0 Å². The molecule has 118 valence electrons. The van der Waals surface area contributed by atoms with Crippen molar-refractivity contribution in [2.75, 3.05) is 26.8 Å². The molecular weight excluding hydrogens is 250 g/mol. The maximum atomic E-state index is 6.50. The summed E-state index contributed by atoms with van der Waals surface area (Å²) >= 11 is 0. The largest absolute Gasteiger partial charge is 0.383 e. The van der Waals surface area contributed by atoms with E-state index < -0.39 is 0 Å². The molecular formula is C17H33NO2. The van der Waals surface area contributed by atoms with Crippen molar-refractivity contribution >= 4 is 0 Å². The zero-order chi connectivity index (χ0) is 14.5. The second-order valence-corrected chi connectivity index (χ2v) is 7.56. The maximum Gasteiger partial charge on any atom is 0.0687 e. The van der Waals surface area contributed by atoms with E-state index in [2.05, 4.69) is 19.2 Å². The van der Waals surface area contributed by atoms with E-state index in [-0.39, 0.29) is 5.60 Å². The predicted octanol–water partition coefficient (Wildman–Crippen LogP) is 3.52. The van der Waals surface area contributed by atoms with Crippen LogP contribution in [0.4, 0.5) is 0 Å². The Morgan fingerprint density at radius 3 is 2.65 bits per heavy atom. The van der Waals surface area contributed by atoms with Gasteiger partial charge in [-0.2, -0.15) is 0 Å². The molecule has 20 heavy (non-hydrogen) atoms. The molecule has 1 atom stereocenters. The highest BCUT2D eigenvalue weighted by Crippen LogP contribution is 2.44. The van der Waals surface area contributed by atoms with Crippen LogP contribution < -0.4 is 5.32 Å². The van der Waals surface area contributed by atoms with E-state index in [0.29, 0.717) is 11.5 Å². The van der Waals surface area contributed by atoms with Crippen LogP contribution >= 0.6 is 0 Å². The molecule has 0 aromatic carbocycles. The molecule has 1 spiro atoms. The SMILES string of the molecule is COCCNCC(C)(C)CC1CCC2(CCCCC2)O1. The number of methoxy groups -OCH3 is 1. The Balaban J connectivity index is 1.72. The van der Waals surface area contributed by atoms with Crippen molar-refractivity contribution in [2.24, 2.45) is 5.41 Å². The Labute approximate surface area is 124 Å². The smallest absolute Gasteiger partial charge is 0.0687 e. The van der Waals surface area contributed by atoms with E-state index in [9.17, 15) is 0 Å². The van der Waals surface area contributed by atoms with Gasteiger partial charge in [-0.15, -0.1) is 0 Å². The van der Waals surface area contributed by atoms with Crippen LogP contribution in [0.5, 0.6) is 0 Å². The van der Waals surface area contributed by atoms with Crippen molar-refractivity contribution in [2.45, 2.75) is 76.9 Å². The molecule has 0 aromatic heterocycles. The lowest BCUT2D eigenvalue weighted by Crippen LogP contribution is -2.36. The van der Waals surface area contributed by atoms with Gasteiger partial charge in [0.25, 0.3) is 0 Å². The number of nitrogens with one attached hydrogen (secondary N) is 1. The number of rotatable bonds is 7. The summed E-state index contributed by atoms with van der Waals surface area (Å²) in [6.07, 6.45) is 11.0. The van der Waals surface area contributed by atoms with Gasteiger partial charge in [0, 0.05) is 20.2 Å². The molecule has 0 bridgehead atoms. The summed E-state index contributed by atoms with van der Waals surface area (Å²) in [6, 6.07) is 0. The van der Waals surface area contributed by atoms with Gasteiger partial charge in [0.15, 0.2) is 0 Å². The molecule has 0 amide bonds. The summed E-state index contributed by atoms with van der Waals surface area (Å²) in [4.78, 5) is 0. The second kappa shape index (κ2) is 7.24. The first-order chi connectivity index (χ1) is 9.55. The van der Waals surface area contributed by atoms with Crippen molar-refractivity contribution < 1.29 is 9.47 Å². The monoisotopic (exact) mass is 283 g/mol. The topological polar surface area (TPSA) is 30.5 Å². The molecule has 2 fully saturated rings. The summed E-state index contributed by atoms with van der Waals surface area (Å²) in [5.74, 6) is 0. The van der Waals surface area contributed by atoms with E-state index in [4.69, 9.17) is 9.47 Å². The third-order valence-electron chi connectivity index (χ3n) is 4.97. The number of hydrogen-bond acceptors (Lipinski definition) is 3. The molecule has 1 aliphatic heterocycles. The Morgan fingerprint density at radius 2 is 1.95 bits per heavy atom. The lowest BCUT2D eigenvalue weighted by atomic mass is 9.82. The summed E-state index contributed by atoms with van der Waals surface area (Å²) < 4.78 is 11.6. The number of ether oxygens (including phenoxy) is 2. The summed E-state index contributed by atoms with van der Waals surface area (Å²) in [7, 11) is 1.75. The molecule has 2 rings (SSSR count). The van der Waals surface area contributed by atoms with Crippen LogP contribution in [-0.4, -0.2) is 38.5 Å². The molecule has 1 unspecified atom stereocenters. The van der Waals surface area contributed by atoms with Gasteiger partial charge < -0.3 is 14.8 Å². The third-order valence-corrected chi connectivity index (χ3v) is 4.97. The fraction of sp³-hybridized carbons (Fsp3) is 1.00. The van der Waals surface area contributed by atoms with Crippen molar-refractivity contribution in [3.05, 3.63) is 0 Å². The van der Waals surface area contributed by atoms with Crippen molar-refractivity contribution in [1.82, 2.24) is 5.32 Å². The van der Waals surface area contributed by atoms with Crippen molar-refractivity contribution in [3.63, 3.8) is 0 Å². The average molecular weight is 283 g/mol. The zero-order valence-corrected chi connectivity index (χ0v) is 13.7. The van der Waals surface area contributed by atoms with Crippen LogP contribution in [0.15, 0.2) is 0 Å². The van der Waals surface area contributed by atoms with Crippen LogP contribution in [0.1, 0.15) is 65.2 Å². The van der Waals surface area contributed by atoms with E-state index in [1.807, 2.05) is 0 Å². The fourth-order valence-electron chi connectivity index (χ4n) is 3.89. The van der Waals surface area contributed by atoms with Crippen LogP contribution in [0, 0.1) is 5.41 Å². The lowest BCUT2D eigenvalue weighted by molar-refractivity contribution is -0.0745. The van der Waals surface area contributed by atoms with Crippen LogP contribution in [0.25, 0.3) is 0 Å². The van der Waals surface area contributed by atoms with Crippen LogP contribution in [-0.2, 0) is 9.47 Å². The van der Waals surface area contributed by atoms with Gasteiger partial charge >= 0.3 is 0 Å². The first-order valence-electron chi connectivity index (χ1n) is 8.43. The molecule has 2 aliphatic rings. The van der Waals surface area contributed by atoms with E-state index in [1.165, 1.54) is 51.4 Å². The molecule has 3 heteroatoms. The Kier molecular flexibility index (Phi) is 5.88. The minimum atomic E-state index is 0.266. The van der Waals surface area contributed by atoms with Crippen LogP contribution in [0.2, 0.25) is 0 Å². The highest BCUT2D eigenvalue weighted by Gasteiger charge is 2.42. The van der Waals surface area contributed by atoms with Gasteiger partial charge in [0.1, 0.15) is 0 Å². The van der Waals surface area contributed by atoms with Gasteiger partial charge in [-0.3, -0.25) is 0 Å². The quantitative estimate of drug-likeness (QED) is 0.725. The molecule has 3 nitrogen and oxygen atoms in total. The second-order valence-electron chi connectivity index (χ2n) is 7.56. The standard InChI is InChI=1S/C17H33NO2/c1-16(2,14-18-11-12-19-3)13-15-7-10-17(20-15)8-5-4-6-9-17/h15,18H,4-14H2,1-3H3. The van der Waals surface area contributed by atoms with E-state index in [1.54, 1.807) is 7.11 Å². The molecule has 0 radical (unpaired) electrons. The van der Waals surface area contributed by atoms with Crippen molar-refractivity contribution in [1.29, 1.82) is 0 Å².